The fourth-order valence-corrected chi connectivity index (χ4v) is 2.02. The van der Waals surface area contributed by atoms with Gasteiger partial charge >= 0.3 is 5.97 Å². The van der Waals surface area contributed by atoms with Crippen LogP contribution in [0.2, 0.25) is 0 Å². The molecule has 0 aliphatic heterocycles. The molecule has 0 aromatic heterocycles. The molecule has 1 aromatic carbocycles. The normalized spacial score (nSPS) is 10.3. The molecule has 0 fully saturated rings. The van der Waals surface area contributed by atoms with Crippen molar-refractivity contribution in [1.29, 1.82) is 0 Å². The molecule has 0 atom stereocenters. The maximum Gasteiger partial charge on any atom is 0.306 e. The average Bonchev–Trinajstić information content (AvgIpc) is 2.40. The Hall–Kier alpha value is -1.58. The van der Waals surface area contributed by atoms with E-state index in [-0.39, 0.29) is 24.0 Å². The molecule has 106 valence electrons. The van der Waals surface area contributed by atoms with Crippen LogP contribution in [0.4, 0.5) is 4.39 Å². The number of carbonyl (C=O) groups excluding carboxylic acids is 1. The molecule has 1 rings (SSSR count). The molecule has 0 saturated carbocycles. The van der Waals surface area contributed by atoms with Crippen LogP contribution >= 0.6 is 0 Å². The monoisotopic (exact) mass is 268 g/mol. The van der Waals surface area contributed by atoms with Crippen LogP contribution in [-0.2, 0) is 22.4 Å². The Labute approximate surface area is 113 Å². The number of aryl methyl sites for hydroxylation is 1. The van der Waals surface area contributed by atoms with Gasteiger partial charge < -0.3 is 9.47 Å². The van der Waals surface area contributed by atoms with Crippen LogP contribution in [0, 0.1) is 5.82 Å². The summed E-state index contributed by atoms with van der Waals surface area (Å²) in [4.78, 5) is 11.4. The second-order valence-electron chi connectivity index (χ2n) is 4.27. The molecule has 1 aromatic rings. The summed E-state index contributed by atoms with van der Waals surface area (Å²) in [6, 6.07) is 3.43. The van der Waals surface area contributed by atoms with E-state index in [1.807, 2.05) is 13.0 Å². The van der Waals surface area contributed by atoms with Crippen molar-refractivity contribution in [2.45, 2.75) is 39.5 Å². The van der Waals surface area contributed by atoms with Crippen molar-refractivity contribution in [1.82, 2.24) is 0 Å². The third kappa shape index (κ3) is 4.23. The Bertz CT molecular complexity index is 430. The van der Waals surface area contributed by atoms with Gasteiger partial charge in [0.2, 0.25) is 0 Å². The maximum atomic E-state index is 14.2. The van der Waals surface area contributed by atoms with Gasteiger partial charge in [0.1, 0.15) is 0 Å². The highest BCUT2D eigenvalue weighted by atomic mass is 19.1. The number of ether oxygens (including phenoxy) is 2. The molecule has 0 N–H and O–H groups in total. The standard InChI is InChI=1S/C15H21FO3/c1-4-6-12-11(8-10-14(17)19-5-2)7-9-13(18-3)15(12)16/h7,9H,4-6,8,10H2,1-3H3. The Morgan fingerprint density at radius 2 is 2.00 bits per heavy atom. The first-order chi connectivity index (χ1) is 9.13. The third-order valence-corrected chi connectivity index (χ3v) is 2.93. The molecule has 0 radical (unpaired) electrons. The van der Waals surface area contributed by atoms with Crippen LogP contribution < -0.4 is 4.74 Å². The summed E-state index contributed by atoms with van der Waals surface area (Å²) in [5, 5.41) is 0. The third-order valence-electron chi connectivity index (χ3n) is 2.93. The highest BCUT2D eigenvalue weighted by Gasteiger charge is 2.14. The van der Waals surface area contributed by atoms with Crippen molar-refractivity contribution in [3.05, 3.63) is 29.1 Å². The van der Waals surface area contributed by atoms with Crippen LogP contribution in [0.25, 0.3) is 0 Å². The zero-order valence-corrected chi connectivity index (χ0v) is 11.8. The van der Waals surface area contributed by atoms with Crippen molar-refractivity contribution >= 4 is 5.97 Å². The predicted molar refractivity (Wildman–Crippen MR) is 71.9 cm³/mol. The molecular formula is C15H21FO3. The summed E-state index contributed by atoms with van der Waals surface area (Å²) < 4.78 is 24.0. The van der Waals surface area contributed by atoms with Gasteiger partial charge in [0.15, 0.2) is 11.6 Å². The SMILES string of the molecule is CCCc1c(CCC(=O)OCC)ccc(OC)c1F. The molecule has 3 nitrogen and oxygen atoms in total. The van der Waals surface area contributed by atoms with E-state index in [0.29, 0.717) is 25.0 Å². The molecule has 0 aliphatic rings. The lowest BCUT2D eigenvalue weighted by atomic mass is 9.98. The molecule has 0 unspecified atom stereocenters. The van der Waals surface area contributed by atoms with Gasteiger partial charge in [0, 0.05) is 6.42 Å². The van der Waals surface area contributed by atoms with Gasteiger partial charge in [-0.25, -0.2) is 4.39 Å². The van der Waals surface area contributed by atoms with Gasteiger partial charge in [0.05, 0.1) is 13.7 Å². The van der Waals surface area contributed by atoms with Crippen molar-refractivity contribution in [2.24, 2.45) is 0 Å². The Kier molecular flexibility index (Phi) is 6.33. The van der Waals surface area contributed by atoms with Crippen molar-refractivity contribution in [2.75, 3.05) is 13.7 Å². The van der Waals surface area contributed by atoms with Gasteiger partial charge in [0.25, 0.3) is 0 Å². The fraction of sp³-hybridized carbons (Fsp3) is 0.533. The molecule has 0 amide bonds. The van der Waals surface area contributed by atoms with Crippen molar-refractivity contribution in [3.63, 3.8) is 0 Å². The maximum absolute atomic E-state index is 14.2. The number of halogens is 1. The summed E-state index contributed by atoms with van der Waals surface area (Å²) in [6.07, 6.45) is 2.25. The molecule has 19 heavy (non-hydrogen) atoms. The topological polar surface area (TPSA) is 35.5 Å². The quantitative estimate of drug-likeness (QED) is 0.712. The average molecular weight is 268 g/mol. The van der Waals surface area contributed by atoms with E-state index in [4.69, 9.17) is 9.47 Å². The summed E-state index contributed by atoms with van der Waals surface area (Å²) >= 11 is 0. The van der Waals surface area contributed by atoms with Crippen LogP contribution in [0.5, 0.6) is 5.75 Å². The molecular weight excluding hydrogens is 247 g/mol. The molecule has 4 heteroatoms. The van der Waals surface area contributed by atoms with Gasteiger partial charge in [-0.05, 0) is 37.0 Å². The van der Waals surface area contributed by atoms with Gasteiger partial charge in [-0.1, -0.05) is 19.4 Å². The lowest BCUT2D eigenvalue weighted by Crippen LogP contribution is -2.07. The summed E-state index contributed by atoms with van der Waals surface area (Å²) in [7, 11) is 1.45. The van der Waals surface area contributed by atoms with Crippen LogP contribution in [-0.4, -0.2) is 19.7 Å². The minimum atomic E-state index is -0.314. The van der Waals surface area contributed by atoms with E-state index in [2.05, 4.69) is 0 Å². The second kappa shape index (κ2) is 7.77. The van der Waals surface area contributed by atoms with Gasteiger partial charge in [-0.3, -0.25) is 4.79 Å². The van der Waals surface area contributed by atoms with E-state index in [9.17, 15) is 9.18 Å². The molecule has 0 bridgehead atoms. The Balaban J connectivity index is 2.87. The lowest BCUT2D eigenvalue weighted by Gasteiger charge is -2.12. The Morgan fingerprint density at radius 3 is 2.58 bits per heavy atom. The fourth-order valence-electron chi connectivity index (χ4n) is 2.02. The molecule has 0 heterocycles. The molecule has 0 spiro atoms. The highest BCUT2D eigenvalue weighted by molar-refractivity contribution is 5.69. The zero-order chi connectivity index (χ0) is 14.3. The minimum absolute atomic E-state index is 0.249. The lowest BCUT2D eigenvalue weighted by molar-refractivity contribution is -0.143. The van der Waals surface area contributed by atoms with Crippen molar-refractivity contribution in [3.8, 4) is 5.75 Å². The highest BCUT2D eigenvalue weighted by Crippen LogP contribution is 2.26. The van der Waals surface area contributed by atoms with E-state index in [1.165, 1.54) is 7.11 Å². The number of hydrogen-bond acceptors (Lipinski definition) is 3. The first kappa shape index (κ1) is 15.5. The number of rotatable bonds is 7. The Morgan fingerprint density at radius 1 is 1.26 bits per heavy atom. The predicted octanol–water partition coefficient (Wildman–Crippen LogP) is 3.28. The zero-order valence-electron chi connectivity index (χ0n) is 11.8. The molecule has 0 saturated heterocycles. The number of carbonyl (C=O) groups is 1. The number of esters is 1. The number of hydrogen-bond donors (Lipinski definition) is 0. The van der Waals surface area contributed by atoms with Crippen LogP contribution in [0.3, 0.4) is 0 Å². The molecule has 0 aliphatic carbocycles. The van der Waals surface area contributed by atoms with Crippen LogP contribution in [0.15, 0.2) is 12.1 Å². The smallest absolute Gasteiger partial charge is 0.306 e. The first-order valence-corrected chi connectivity index (χ1v) is 6.63. The second-order valence-corrected chi connectivity index (χ2v) is 4.27. The minimum Gasteiger partial charge on any atom is -0.494 e. The largest absolute Gasteiger partial charge is 0.494 e. The van der Waals surface area contributed by atoms with Crippen molar-refractivity contribution < 1.29 is 18.7 Å². The van der Waals surface area contributed by atoms with E-state index in [1.54, 1.807) is 13.0 Å². The number of methoxy groups -OCH3 is 1. The van der Waals surface area contributed by atoms with Gasteiger partial charge in [-0.15, -0.1) is 0 Å². The number of benzene rings is 1. The van der Waals surface area contributed by atoms with E-state index in [0.717, 1.165) is 12.0 Å². The van der Waals surface area contributed by atoms with Gasteiger partial charge in [-0.2, -0.15) is 0 Å². The first-order valence-electron chi connectivity index (χ1n) is 6.63. The summed E-state index contributed by atoms with van der Waals surface area (Å²) in [5.74, 6) is -0.310. The summed E-state index contributed by atoms with van der Waals surface area (Å²) in [6.45, 7) is 4.14. The summed E-state index contributed by atoms with van der Waals surface area (Å²) in [5.41, 5.74) is 1.50. The van der Waals surface area contributed by atoms with E-state index < -0.39 is 0 Å². The van der Waals surface area contributed by atoms with Crippen LogP contribution in [0.1, 0.15) is 37.8 Å². The van der Waals surface area contributed by atoms with E-state index >= 15 is 0 Å².